The van der Waals surface area contributed by atoms with Crippen LogP contribution in [0.1, 0.15) is 36.7 Å². The highest BCUT2D eigenvalue weighted by Crippen LogP contribution is 2.33. The van der Waals surface area contributed by atoms with Gasteiger partial charge in [0.15, 0.2) is 0 Å². The fourth-order valence-corrected chi connectivity index (χ4v) is 3.12. The van der Waals surface area contributed by atoms with E-state index in [0.717, 1.165) is 17.7 Å². The van der Waals surface area contributed by atoms with Gasteiger partial charge in [-0.05, 0) is 48.4 Å². The number of hydrogen-bond donors (Lipinski definition) is 1. The number of hydrogen-bond acceptors (Lipinski definition) is 2. The minimum absolute atomic E-state index is 0.113. The van der Waals surface area contributed by atoms with E-state index in [2.05, 4.69) is 5.32 Å². The lowest BCUT2D eigenvalue weighted by Crippen LogP contribution is -2.38. The fourth-order valence-electron chi connectivity index (χ4n) is 2.93. The third kappa shape index (κ3) is 3.69. The molecule has 0 aliphatic carbocycles. The first-order chi connectivity index (χ1) is 11.8. The summed E-state index contributed by atoms with van der Waals surface area (Å²) < 4.78 is 0. The molecule has 1 aliphatic rings. The van der Waals surface area contributed by atoms with Crippen LogP contribution in [0.4, 0.5) is 11.4 Å². The molecule has 0 saturated carbocycles. The van der Waals surface area contributed by atoms with Crippen molar-refractivity contribution in [2.24, 2.45) is 5.41 Å². The number of halogens is 1. The zero-order chi connectivity index (χ0) is 18.2. The number of carbonyl (C=O) groups excluding carboxylic acids is 2. The average molecular weight is 357 g/mol. The third-order valence-corrected chi connectivity index (χ3v) is 4.44. The number of benzene rings is 2. The highest BCUT2D eigenvalue weighted by molar-refractivity contribution is 6.31. The molecule has 0 unspecified atom stereocenters. The van der Waals surface area contributed by atoms with Crippen molar-refractivity contribution in [2.75, 3.05) is 16.8 Å². The summed E-state index contributed by atoms with van der Waals surface area (Å²) in [6, 6.07) is 12.5. The Morgan fingerprint density at radius 3 is 2.56 bits per heavy atom. The summed E-state index contributed by atoms with van der Waals surface area (Å²) in [4.78, 5) is 26.7. The van der Waals surface area contributed by atoms with Crippen molar-refractivity contribution >= 4 is 34.8 Å². The number of fused-ring (bicyclic) bond motifs is 1. The quantitative estimate of drug-likeness (QED) is 0.859. The summed E-state index contributed by atoms with van der Waals surface area (Å²) in [6.07, 6.45) is 0.790. The van der Waals surface area contributed by atoms with E-state index in [4.69, 9.17) is 11.6 Å². The zero-order valence-corrected chi connectivity index (χ0v) is 15.4. The molecule has 0 aromatic heterocycles. The van der Waals surface area contributed by atoms with Gasteiger partial charge in [0.05, 0.1) is 0 Å². The van der Waals surface area contributed by atoms with Gasteiger partial charge in [0.25, 0.3) is 5.91 Å². The number of anilines is 2. The van der Waals surface area contributed by atoms with Gasteiger partial charge in [-0.3, -0.25) is 9.59 Å². The summed E-state index contributed by atoms with van der Waals surface area (Å²) >= 11 is 5.93. The molecule has 0 radical (unpaired) electrons. The summed E-state index contributed by atoms with van der Waals surface area (Å²) in [5, 5.41) is 3.41. The van der Waals surface area contributed by atoms with Gasteiger partial charge in [0, 0.05) is 33.9 Å². The molecule has 2 aromatic rings. The first-order valence-corrected chi connectivity index (χ1v) is 8.65. The Bertz CT molecular complexity index is 840. The normalized spacial score (nSPS) is 13.5. The lowest BCUT2D eigenvalue weighted by Gasteiger charge is -2.26. The van der Waals surface area contributed by atoms with Crippen LogP contribution >= 0.6 is 11.6 Å². The molecule has 0 saturated heterocycles. The van der Waals surface area contributed by atoms with Gasteiger partial charge >= 0.3 is 0 Å². The summed E-state index contributed by atoms with van der Waals surface area (Å²) in [6.45, 7) is 6.45. The standard InChI is InChI=1S/C20H21ClN2O2/c1-20(2,3)19(25)23-10-9-13-12-16(7-8-17(13)23)22-18(24)14-5-4-6-15(21)11-14/h4-8,11-12H,9-10H2,1-3H3,(H,22,24). The van der Waals surface area contributed by atoms with Crippen molar-refractivity contribution in [3.63, 3.8) is 0 Å². The predicted molar refractivity (Wildman–Crippen MR) is 101 cm³/mol. The number of nitrogens with one attached hydrogen (secondary N) is 1. The van der Waals surface area contributed by atoms with Crippen molar-refractivity contribution in [3.05, 3.63) is 58.6 Å². The Labute approximate surface area is 152 Å². The van der Waals surface area contributed by atoms with E-state index in [9.17, 15) is 9.59 Å². The number of amides is 2. The van der Waals surface area contributed by atoms with Crippen LogP contribution in [0.5, 0.6) is 0 Å². The number of nitrogens with zero attached hydrogens (tertiary/aromatic N) is 1. The van der Waals surface area contributed by atoms with E-state index >= 15 is 0 Å². The molecule has 0 bridgehead atoms. The summed E-state index contributed by atoms with van der Waals surface area (Å²) in [5.41, 5.74) is 2.81. The maximum absolute atomic E-state index is 12.6. The zero-order valence-electron chi connectivity index (χ0n) is 14.6. The average Bonchev–Trinajstić information content (AvgIpc) is 2.96. The van der Waals surface area contributed by atoms with Crippen LogP contribution in [0, 0.1) is 5.41 Å². The summed E-state index contributed by atoms with van der Waals surface area (Å²) in [5.74, 6) is -0.0926. The van der Waals surface area contributed by atoms with Crippen molar-refractivity contribution in [3.8, 4) is 0 Å². The van der Waals surface area contributed by atoms with Crippen LogP contribution in [0.3, 0.4) is 0 Å². The topological polar surface area (TPSA) is 49.4 Å². The second kappa shape index (κ2) is 6.52. The predicted octanol–water partition coefficient (Wildman–Crippen LogP) is 4.53. The molecule has 3 rings (SSSR count). The molecular formula is C20H21ClN2O2. The number of rotatable bonds is 2. The molecule has 2 aromatic carbocycles. The van der Waals surface area contributed by atoms with Crippen LogP contribution in [0.2, 0.25) is 5.02 Å². The van der Waals surface area contributed by atoms with E-state index in [1.807, 2.05) is 43.9 Å². The van der Waals surface area contributed by atoms with Gasteiger partial charge in [-0.25, -0.2) is 0 Å². The molecule has 0 spiro atoms. The van der Waals surface area contributed by atoms with Crippen molar-refractivity contribution < 1.29 is 9.59 Å². The van der Waals surface area contributed by atoms with Crippen molar-refractivity contribution in [1.29, 1.82) is 0 Å². The lowest BCUT2D eigenvalue weighted by molar-refractivity contribution is -0.125. The minimum Gasteiger partial charge on any atom is -0.322 e. The van der Waals surface area contributed by atoms with E-state index in [1.165, 1.54) is 0 Å². The molecule has 130 valence electrons. The molecule has 4 nitrogen and oxygen atoms in total. The van der Waals surface area contributed by atoms with E-state index in [1.54, 1.807) is 24.3 Å². The molecule has 1 heterocycles. The second-order valence-electron chi connectivity index (χ2n) is 7.26. The molecule has 25 heavy (non-hydrogen) atoms. The largest absolute Gasteiger partial charge is 0.322 e. The van der Waals surface area contributed by atoms with E-state index in [0.29, 0.717) is 22.8 Å². The number of carbonyl (C=O) groups is 2. The van der Waals surface area contributed by atoms with Gasteiger partial charge in [0.2, 0.25) is 5.91 Å². The van der Waals surface area contributed by atoms with Gasteiger partial charge in [0.1, 0.15) is 0 Å². The Hall–Kier alpha value is -2.33. The Morgan fingerprint density at radius 1 is 1.12 bits per heavy atom. The lowest BCUT2D eigenvalue weighted by atomic mass is 9.94. The maximum atomic E-state index is 12.6. The Morgan fingerprint density at radius 2 is 1.88 bits per heavy atom. The summed E-state index contributed by atoms with van der Waals surface area (Å²) in [7, 11) is 0. The van der Waals surface area contributed by atoms with Crippen molar-refractivity contribution in [1.82, 2.24) is 0 Å². The molecular weight excluding hydrogens is 336 g/mol. The minimum atomic E-state index is -0.416. The fraction of sp³-hybridized carbons (Fsp3) is 0.300. The van der Waals surface area contributed by atoms with Gasteiger partial charge in [-0.1, -0.05) is 38.4 Å². The smallest absolute Gasteiger partial charge is 0.255 e. The van der Waals surface area contributed by atoms with Crippen LogP contribution in [-0.2, 0) is 11.2 Å². The maximum Gasteiger partial charge on any atom is 0.255 e. The molecule has 0 atom stereocenters. The Balaban J connectivity index is 1.79. The van der Waals surface area contributed by atoms with E-state index in [-0.39, 0.29) is 11.8 Å². The second-order valence-corrected chi connectivity index (χ2v) is 7.70. The highest BCUT2D eigenvalue weighted by atomic mass is 35.5. The Kier molecular flexibility index (Phi) is 4.56. The molecule has 0 fully saturated rings. The van der Waals surface area contributed by atoms with Gasteiger partial charge < -0.3 is 10.2 Å². The molecule has 5 heteroatoms. The molecule has 2 amide bonds. The SMILES string of the molecule is CC(C)(C)C(=O)N1CCc2cc(NC(=O)c3cccc(Cl)c3)ccc21. The van der Waals surface area contributed by atoms with Crippen molar-refractivity contribution in [2.45, 2.75) is 27.2 Å². The first-order valence-electron chi connectivity index (χ1n) is 8.27. The van der Waals surface area contributed by atoms with Gasteiger partial charge in [-0.2, -0.15) is 0 Å². The van der Waals surface area contributed by atoms with Crippen LogP contribution in [-0.4, -0.2) is 18.4 Å². The molecule has 1 aliphatic heterocycles. The third-order valence-electron chi connectivity index (χ3n) is 4.21. The monoisotopic (exact) mass is 356 g/mol. The van der Waals surface area contributed by atoms with Crippen LogP contribution in [0.15, 0.2) is 42.5 Å². The van der Waals surface area contributed by atoms with Crippen LogP contribution < -0.4 is 10.2 Å². The van der Waals surface area contributed by atoms with Crippen LogP contribution in [0.25, 0.3) is 0 Å². The first kappa shape index (κ1) is 17.5. The highest BCUT2D eigenvalue weighted by Gasteiger charge is 2.32. The molecule has 1 N–H and O–H groups in total. The van der Waals surface area contributed by atoms with E-state index < -0.39 is 5.41 Å². The van der Waals surface area contributed by atoms with Gasteiger partial charge in [-0.15, -0.1) is 0 Å².